The van der Waals surface area contributed by atoms with Crippen LogP contribution in [0.15, 0.2) is 54.7 Å². The Hall–Kier alpha value is -3.08. The van der Waals surface area contributed by atoms with Gasteiger partial charge >= 0.3 is 0 Å². The maximum absolute atomic E-state index is 12.3. The van der Waals surface area contributed by atoms with E-state index in [1.165, 1.54) is 10.9 Å². The Morgan fingerprint density at radius 1 is 0.893 bits per heavy atom. The molecule has 1 aromatic heterocycles. The maximum Gasteiger partial charge on any atom is 0.251 e. The number of H-pyrrole nitrogens is 1. The molecule has 0 bridgehead atoms. The Kier molecular flexibility index (Phi) is 6.48. The van der Waals surface area contributed by atoms with Crippen LogP contribution in [0.5, 0.6) is 0 Å². The topological polar surface area (TPSA) is 74.0 Å². The first-order chi connectivity index (χ1) is 13.5. The third-order valence-corrected chi connectivity index (χ3v) is 4.77. The molecule has 28 heavy (non-hydrogen) atoms. The minimum Gasteiger partial charge on any atom is -0.361 e. The second-order valence-electron chi connectivity index (χ2n) is 7.38. The van der Waals surface area contributed by atoms with Gasteiger partial charge in [-0.1, -0.05) is 32.0 Å². The number of nitrogens with one attached hydrogen (secondary N) is 3. The summed E-state index contributed by atoms with van der Waals surface area (Å²) in [5.41, 5.74) is 3.41. The fourth-order valence-corrected chi connectivity index (χ4v) is 3.10. The second-order valence-corrected chi connectivity index (χ2v) is 7.38. The zero-order valence-corrected chi connectivity index (χ0v) is 16.4. The van der Waals surface area contributed by atoms with Gasteiger partial charge in [-0.25, -0.2) is 0 Å². The minimum atomic E-state index is -0.133. The first kappa shape index (κ1) is 19.7. The molecule has 0 spiro atoms. The fraction of sp³-hybridized carbons (Fsp3) is 0.304. The van der Waals surface area contributed by atoms with E-state index in [0.29, 0.717) is 30.1 Å². The highest BCUT2D eigenvalue weighted by molar-refractivity contribution is 5.97. The molecule has 146 valence electrons. The van der Waals surface area contributed by atoms with Crippen LogP contribution in [-0.4, -0.2) is 29.9 Å². The average molecular weight is 377 g/mol. The van der Waals surface area contributed by atoms with E-state index >= 15 is 0 Å². The molecule has 3 N–H and O–H groups in total. The highest BCUT2D eigenvalue weighted by atomic mass is 16.2. The van der Waals surface area contributed by atoms with E-state index in [1.807, 2.05) is 24.4 Å². The zero-order chi connectivity index (χ0) is 19.9. The van der Waals surface area contributed by atoms with Gasteiger partial charge in [-0.05, 0) is 54.7 Å². The van der Waals surface area contributed by atoms with Crippen LogP contribution in [0.25, 0.3) is 10.9 Å². The molecular formula is C23H27N3O2. The second kappa shape index (κ2) is 9.22. The van der Waals surface area contributed by atoms with Gasteiger partial charge in [0.1, 0.15) is 0 Å². The summed E-state index contributed by atoms with van der Waals surface area (Å²) in [6.07, 6.45) is 3.69. The quantitative estimate of drug-likeness (QED) is 0.557. The summed E-state index contributed by atoms with van der Waals surface area (Å²) in [7, 11) is 0. The monoisotopic (exact) mass is 377 g/mol. The van der Waals surface area contributed by atoms with Gasteiger partial charge in [0.15, 0.2) is 0 Å². The molecule has 0 aliphatic heterocycles. The first-order valence-electron chi connectivity index (χ1n) is 9.76. The molecule has 0 saturated carbocycles. The standard InChI is InChI=1S/C23H27N3O2/c1-16(2)11-13-24-22(27)17-7-9-18(10-8-17)23(28)25-14-12-19-15-26-21-6-4-3-5-20(19)21/h3-10,15-16,26H,11-14H2,1-2H3,(H,24,27)(H,25,28). The fourth-order valence-electron chi connectivity index (χ4n) is 3.10. The molecule has 5 nitrogen and oxygen atoms in total. The molecule has 2 aromatic carbocycles. The maximum atomic E-state index is 12.3. The number of rotatable bonds is 8. The molecule has 2 amide bonds. The number of benzene rings is 2. The van der Waals surface area contributed by atoms with Gasteiger partial charge in [-0.3, -0.25) is 9.59 Å². The molecule has 0 unspecified atom stereocenters. The van der Waals surface area contributed by atoms with Crippen molar-refractivity contribution in [3.63, 3.8) is 0 Å². The number of carbonyl (C=O) groups is 2. The molecule has 0 saturated heterocycles. The molecule has 3 aromatic rings. The number of fused-ring (bicyclic) bond motifs is 1. The van der Waals surface area contributed by atoms with Crippen LogP contribution in [0, 0.1) is 5.92 Å². The molecule has 5 heteroatoms. The number of aromatic amines is 1. The lowest BCUT2D eigenvalue weighted by Gasteiger charge is -2.08. The van der Waals surface area contributed by atoms with Crippen molar-refractivity contribution in [1.29, 1.82) is 0 Å². The van der Waals surface area contributed by atoms with Crippen molar-refractivity contribution in [3.05, 3.63) is 71.4 Å². The summed E-state index contributed by atoms with van der Waals surface area (Å²) >= 11 is 0. The summed E-state index contributed by atoms with van der Waals surface area (Å²) in [6, 6.07) is 14.9. The molecule has 0 aliphatic carbocycles. The Morgan fingerprint density at radius 3 is 2.14 bits per heavy atom. The number of amides is 2. The van der Waals surface area contributed by atoms with E-state index in [9.17, 15) is 9.59 Å². The Morgan fingerprint density at radius 2 is 1.50 bits per heavy atom. The van der Waals surface area contributed by atoms with Crippen LogP contribution in [0.3, 0.4) is 0 Å². The largest absolute Gasteiger partial charge is 0.361 e. The SMILES string of the molecule is CC(C)CCNC(=O)c1ccc(C(=O)NCCc2c[nH]c3ccccc23)cc1. The van der Waals surface area contributed by atoms with Crippen LogP contribution in [-0.2, 0) is 6.42 Å². The number of hydrogen-bond acceptors (Lipinski definition) is 2. The van der Waals surface area contributed by atoms with Crippen LogP contribution < -0.4 is 10.6 Å². The van der Waals surface area contributed by atoms with Gasteiger partial charge in [0.25, 0.3) is 11.8 Å². The molecule has 0 radical (unpaired) electrons. The average Bonchev–Trinajstić information content (AvgIpc) is 3.11. The zero-order valence-electron chi connectivity index (χ0n) is 16.4. The van der Waals surface area contributed by atoms with Gasteiger partial charge < -0.3 is 15.6 Å². The van der Waals surface area contributed by atoms with Crippen LogP contribution in [0.1, 0.15) is 46.5 Å². The molecule has 0 fully saturated rings. The molecule has 0 aliphatic rings. The van der Waals surface area contributed by atoms with Crippen molar-refractivity contribution in [2.45, 2.75) is 26.7 Å². The van der Waals surface area contributed by atoms with E-state index in [1.54, 1.807) is 24.3 Å². The summed E-state index contributed by atoms with van der Waals surface area (Å²) < 4.78 is 0. The lowest BCUT2D eigenvalue weighted by Crippen LogP contribution is -2.27. The van der Waals surface area contributed by atoms with Crippen molar-refractivity contribution in [2.75, 3.05) is 13.1 Å². The summed E-state index contributed by atoms with van der Waals surface area (Å²) in [6.45, 7) is 5.46. The van der Waals surface area contributed by atoms with Crippen LogP contribution >= 0.6 is 0 Å². The molecule has 0 atom stereocenters. The Balaban J connectivity index is 1.50. The highest BCUT2D eigenvalue weighted by Gasteiger charge is 2.09. The third kappa shape index (κ3) is 5.00. The summed E-state index contributed by atoms with van der Waals surface area (Å²) in [5.74, 6) is 0.314. The van der Waals surface area contributed by atoms with Crippen molar-refractivity contribution < 1.29 is 9.59 Å². The first-order valence-corrected chi connectivity index (χ1v) is 9.76. The Bertz CT molecular complexity index is 942. The van der Waals surface area contributed by atoms with E-state index in [-0.39, 0.29) is 11.8 Å². The molecular weight excluding hydrogens is 350 g/mol. The van der Waals surface area contributed by atoms with E-state index in [2.05, 4.69) is 35.5 Å². The number of aromatic nitrogens is 1. The number of hydrogen-bond donors (Lipinski definition) is 3. The molecule has 3 rings (SSSR count). The summed E-state index contributed by atoms with van der Waals surface area (Å²) in [4.78, 5) is 27.7. The lowest BCUT2D eigenvalue weighted by molar-refractivity contribution is 0.0941. The predicted octanol–water partition coefficient (Wildman–Crippen LogP) is 3.92. The molecule has 1 heterocycles. The lowest BCUT2D eigenvalue weighted by atomic mass is 10.1. The van der Waals surface area contributed by atoms with Crippen molar-refractivity contribution in [3.8, 4) is 0 Å². The highest BCUT2D eigenvalue weighted by Crippen LogP contribution is 2.17. The van der Waals surface area contributed by atoms with Crippen molar-refractivity contribution in [2.24, 2.45) is 5.92 Å². The van der Waals surface area contributed by atoms with Crippen molar-refractivity contribution in [1.82, 2.24) is 15.6 Å². The normalized spacial score (nSPS) is 11.0. The van der Waals surface area contributed by atoms with Crippen LogP contribution in [0.4, 0.5) is 0 Å². The van der Waals surface area contributed by atoms with Gasteiger partial charge in [-0.15, -0.1) is 0 Å². The minimum absolute atomic E-state index is 0.105. The van der Waals surface area contributed by atoms with Gasteiger partial charge in [0, 0.05) is 41.3 Å². The van der Waals surface area contributed by atoms with Crippen molar-refractivity contribution >= 4 is 22.7 Å². The smallest absolute Gasteiger partial charge is 0.251 e. The van der Waals surface area contributed by atoms with E-state index in [4.69, 9.17) is 0 Å². The predicted molar refractivity (Wildman–Crippen MR) is 113 cm³/mol. The van der Waals surface area contributed by atoms with Gasteiger partial charge in [-0.2, -0.15) is 0 Å². The summed E-state index contributed by atoms with van der Waals surface area (Å²) in [5, 5.41) is 7.03. The number of carbonyl (C=O) groups excluding carboxylic acids is 2. The number of para-hydroxylation sites is 1. The van der Waals surface area contributed by atoms with E-state index < -0.39 is 0 Å². The van der Waals surface area contributed by atoms with Gasteiger partial charge in [0.2, 0.25) is 0 Å². The van der Waals surface area contributed by atoms with E-state index in [0.717, 1.165) is 18.4 Å². The van der Waals surface area contributed by atoms with Gasteiger partial charge in [0.05, 0.1) is 0 Å². The third-order valence-electron chi connectivity index (χ3n) is 4.77. The Labute approximate surface area is 165 Å². The van der Waals surface area contributed by atoms with Crippen LogP contribution in [0.2, 0.25) is 0 Å².